The van der Waals surface area contributed by atoms with E-state index in [0.29, 0.717) is 12.1 Å². The number of halogens is 8. The van der Waals surface area contributed by atoms with E-state index < -0.39 is 39.2 Å². The molecule has 0 bridgehead atoms. The van der Waals surface area contributed by atoms with E-state index in [-0.39, 0.29) is 11.3 Å². The molecule has 3 nitrogen and oxygen atoms in total. The predicted octanol–water partition coefficient (Wildman–Crippen LogP) is 5.19. The van der Waals surface area contributed by atoms with Gasteiger partial charge in [-0.3, -0.25) is 5.10 Å². The molecule has 0 fully saturated rings. The summed E-state index contributed by atoms with van der Waals surface area (Å²) in [6.07, 6.45) is -9.58. The lowest BCUT2D eigenvalue weighted by molar-refractivity contribution is -0.137. The second-order valence-corrected chi connectivity index (χ2v) is 5.31. The van der Waals surface area contributed by atoms with Gasteiger partial charge in [0.1, 0.15) is 6.07 Å². The molecular weight excluding hydrogens is 395 g/mol. The zero-order chi connectivity index (χ0) is 19.0. The van der Waals surface area contributed by atoms with Crippen molar-refractivity contribution >= 4 is 23.2 Å². The smallest absolute Gasteiger partial charge is 0.275 e. The first-order chi connectivity index (χ1) is 11.4. The van der Waals surface area contributed by atoms with E-state index in [2.05, 4.69) is 10.2 Å². The van der Waals surface area contributed by atoms with Gasteiger partial charge in [-0.2, -0.15) is 36.7 Å². The number of nitrogens with one attached hydrogen (secondary N) is 1. The Hall–Kier alpha value is -2.36. The highest BCUT2D eigenvalue weighted by Gasteiger charge is 2.33. The van der Waals surface area contributed by atoms with Gasteiger partial charge >= 0.3 is 12.4 Å². The van der Waals surface area contributed by atoms with Crippen molar-refractivity contribution < 1.29 is 26.3 Å². The lowest BCUT2D eigenvalue weighted by atomic mass is 10.0. The van der Waals surface area contributed by atoms with Crippen molar-refractivity contribution in [3.8, 4) is 29.2 Å². The summed E-state index contributed by atoms with van der Waals surface area (Å²) < 4.78 is 75.1. The summed E-state index contributed by atoms with van der Waals surface area (Å²) in [5, 5.41) is 13.6. The second kappa shape index (κ2) is 6.51. The predicted molar refractivity (Wildman–Crippen MR) is 76.7 cm³/mol. The van der Waals surface area contributed by atoms with Crippen molar-refractivity contribution in [1.29, 1.82) is 5.26 Å². The minimum atomic E-state index is -4.85. The molecule has 0 unspecified atom stereocenters. The number of aromatic nitrogens is 2. The van der Waals surface area contributed by atoms with Crippen LogP contribution in [0.1, 0.15) is 16.8 Å². The van der Waals surface area contributed by atoms with Crippen LogP contribution in [0.15, 0.2) is 12.1 Å². The van der Waals surface area contributed by atoms with Crippen molar-refractivity contribution in [3.63, 3.8) is 0 Å². The van der Waals surface area contributed by atoms with Gasteiger partial charge in [0.15, 0.2) is 5.69 Å². The third-order valence-electron chi connectivity index (χ3n) is 2.82. The van der Waals surface area contributed by atoms with Gasteiger partial charge in [0.2, 0.25) is 0 Å². The lowest BCUT2D eigenvalue weighted by Crippen LogP contribution is -2.05. The summed E-state index contributed by atoms with van der Waals surface area (Å²) in [5.41, 5.74) is -2.66. The van der Waals surface area contributed by atoms with Crippen LogP contribution in [0.4, 0.5) is 26.3 Å². The number of nitriles is 1. The average molecular weight is 398 g/mol. The van der Waals surface area contributed by atoms with Gasteiger partial charge in [0, 0.05) is 11.5 Å². The maximum Gasteiger partial charge on any atom is 0.458 e. The van der Waals surface area contributed by atoms with Gasteiger partial charge in [0.25, 0.3) is 0 Å². The Morgan fingerprint density at radius 3 is 2.04 bits per heavy atom. The quantitative estimate of drug-likeness (QED) is 0.531. The molecule has 0 amide bonds. The topological polar surface area (TPSA) is 52.5 Å². The third kappa shape index (κ3) is 4.19. The molecule has 1 aromatic carbocycles. The molecule has 1 N–H and O–H groups in total. The van der Waals surface area contributed by atoms with E-state index >= 15 is 0 Å². The Balaban J connectivity index is 2.70. The fourth-order valence-electron chi connectivity index (χ4n) is 1.83. The molecule has 0 aliphatic carbocycles. The first-order valence-electron chi connectivity index (χ1n) is 6.09. The summed E-state index contributed by atoms with van der Waals surface area (Å²) in [6.45, 7) is 0. The molecule has 2 aromatic rings. The molecule has 0 aliphatic heterocycles. The summed E-state index contributed by atoms with van der Waals surface area (Å²) in [6, 6.07) is 2.62. The maximum absolute atomic E-state index is 12.7. The first-order valence-corrected chi connectivity index (χ1v) is 6.84. The lowest BCUT2D eigenvalue weighted by Gasteiger charge is -2.11. The summed E-state index contributed by atoms with van der Waals surface area (Å²) in [5.74, 6) is 2.68. The van der Waals surface area contributed by atoms with Gasteiger partial charge in [-0.25, -0.2) is 0 Å². The van der Waals surface area contributed by atoms with Crippen LogP contribution >= 0.6 is 23.2 Å². The van der Waals surface area contributed by atoms with Gasteiger partial charge in [-0.1, -0.05) is 29.1 Å². The van der Waals surface area contributed by atoms with Crippen LogP contribution in [-0.4, -0.2) is 16.4 Å². The van der Waals surface area contributed by atoms with Crippen molar-refractivity contribution in [2.75, 3.05) is 0 Å². The zero-order valence-corrected chi connectivity index (χ0v) is 13.1. The molecule has 1 aromatic heterocycles. The van der Waals surface area contributed by atoms with Gasteiger partial charge in [-0.15, -0.1) is 0 Å². The van der Waals surface area contributed by atoms with Crippen LogP contribution in [-0.2, 0) is 6.18 Å². The molecule has 25 heavy (non-hydrogen) atoms. The number of hydrogen-bond donors (Lipinski definition) is 1. The van der Waals surface area contributed by atoms with Crippen LogP contribution < -0.4 is 0 Å². The highest BCUT2D eigenvalue weighted by molar-refractivity contribution is 6.39. The molecule has 2 rings (SSSR count). The number of alkyl halides is 6. The third-order valence-corrected chi connectivity index (χ3v) is 3.42. The highest BCUT2D eigenvalue weighted by atomic mass is 35.5. The van der Waals surface area contributed by atoms with Crippen molar-refractivity contribution in [2.24, 2.45) is 0 Å². The molecule has 0 radical (unpaired) electrons. The standard InChI is InChI=1S/C14H3Cl2F6N3/c15-8-3-6(14(20,21)22)4-9(16)11(8)12-7(1-2-13(17,18)19)10(5-23)24-25-12/h3-4H,(H,24,25). The van der Waals surface area contributed by atoms with E-state index in [9.17, 15) is 26.3 Å². The second-order valence-electron chi connectivity index (χ2n) is 4.49. The van der Waals surface area contributed by atoms with Crippen LogP contribution in [0.2, 0.25) is 10.0 Å². The largest absolute Gasteiger partial charge is 0.458 e. The Morgan fingerprint density at radius 2 is 1.60 bits per heavy atom. The van der Waals surface area contributed by atoms with Crippen LogP contribution in [0, 0.1) is 23.2 Å². The number of H-pyrrole nitrogens is 1. The summed E-state index contributed by atoms with van der Waals surface area (Å²) >= 11 is 11.6. The first kappa shape index (κ1) is 19.0. The average Bonchev–Trinajstić information content (AvgIpc) is 2.85. The molecule has 0 saturated heterocycles. The maximum atomic E-state index is 12.7. The molecule has 1 heterocycles. The molecule has 0 saturated carbocycles. The van der Waals surface area contributed by atoms with Gasteiger partial charge < -0.3 is 0 Å². The molecule has 0 aliphatic rings. The summed E-state index contributed by atoms with van der Waals surface area (Å²) in [7, 11) is 0. The number of hydrogen-bond acceptors (Lipinski definition) is 2. The minimum absolute atomic E-state index is 0.253. The van der Waals surface area contributed by atoms with Crippen LogP contribution in [0.5, 0.6) is 0 Å². The van der Waals surface area contributed by atoms with Crippen molar-refractivity contribution in [2.45, 2.75) is 12.4 Å². The van der Waals surface area contributed by atoms with Crippen molar-refractivity contribution in [1.82, 2.24) is 10.2 Å². The van der Waals surface area contributed by atoms with E-state index in [0.717, 1.165) is 5.92 Å². The number of rotatable bonds is 1. The minimum Gasteiger partial charge on any atom is -0.275 e. The number of aromatic amines is 1. The fourth-order valence-corrected chi connectivity index (χ4v) is 2.51. The number of nitrogens with zero attached hydrogens (tertiary/aromatic N) is 2. The molecular formula is C14H3Cl2F6N3. The van der Waals surface area contributed by atoms with E-state index in [4.69, 9.17) is 28.5 Å². The Morgan fingerprint density at radius 1 is 1.04 bits per heavy atom. The Bertz CT molecular complexity index is 902. The highest BCUT2D eigenvalue weighted by Crippen LogP contribution is 2.41. The van der Waals surface area contributed by atoms with Crippen molar-refractivity contribution in [3.05, 3.63) is 39.0 Å². The van der Waals surface area contributed by atoms with Crippen LogP contribution in [0.25, 0.3) is 11.3 Å². The molecule has 130 valence electrons. The van der Waals surface area contributed by atoms with Gasteiger partial charge in [-0.05, 0) is 12.1 Å². The van der Waals surface area contributed by atoms with E-state index in [1.165, 1.54) is 6.07 Å². The normalized spacial score (nSPS) is 11.6. The summed E-state index contributed by atoms with van der Waals surface area (Å²) in [4.78, 5) is 0. The Labute approximate surface area is 146 Å². The molecule has 0 atom stereocenters. The zero-order valence-electron chi connectivity index (χ0n) is 11.6. The molecule has 11 heteroatoms. The number of benzene rings is 1. The van der Waals surface area contributed by atoms with Crippen LogP contribution in [0.3, 0.4) is 0 Å². The fraction of sp³-hybridized carbons (Fsp3) is 0.143. The Kier molecular flexibility index (Phi) is 4.94. The molecule has 0 spiro atoms. The van der Waals surface area contributed by atoms with E-state index in [1.807, 2.05) is 0 Å². The van der Waals surface area contributed by atoms with Gasteiger partial charge in [0.05, 0.1) is 26.9 Å². The monoisotopic (exact) mass is 397 g/mol. The van der Waals surface area contributed by atoms with E-state index in [1.54, 1.807) is 5.92 Å². The SMILES string of the molecule is N#Cc1n[nH]c(-c2c(Cl)cc(C(F)(F)F)cc2Cl)c1C#CC(F)(F)F.